The minimum atomic E-state index is -2.89. The maximum atomic E-state index is 10.4. The second kappa shape index (κ2) is 1.76. The van der Waals surface area contributed by atoms with Crippen LogP contribution in [-0.2, 0) is 4.79 Å². The molecule has 0 aliphatic carbocycles. The van der Waals surface area contributed by atoms with E-state index in [1.165, 1.54) is 5.32 Å². The van der Waals surface area contributed by atoms with E-state index in [2.05, 4.69) is 0 Å². The zero-order chi connectivity index (χ0) is 9.28. The minimum absolute atomic E-state index is 1.36. The summed E-state index contributed by atoms with van der Waals surface area (Å²) in [6, 6.07) is 0. The highest BCUT2D eigenvalue weighted by molar-refractivity contribution is 5.72. The van der Waals surface area contributed by atoms with Crippen LogP contribution in [0.25, 0.3) is 0 Å². The third-order valence-corrected chi connectivity index (χ3v) is 0.114. The van der Waals surface area contributed by atoms with E-state index in [1.807, 2.05) is 0 Å². The average Bonchev–Trinajstić information content (AvgIpc) is 1.56. The molecule has 0 aromatic rings. The van der Waals surface area contributed by atoms with Gasteiger partial charge in [-0.2, -0.15) is 0 Å². The summed E-state index contributed by atoms with van der Waals surface area (Å²) in [5, 5.41) is 1.36. The van der Waals surface area contributed by atoms with Crippen LogP contribution in [0, 0.1) is 0 Å². The van der Waals surface area contributed by atoms with Crippen LogP contribution in [0.3, 0.4) is 0 Å². The molecule has 0 aliphatic rings. The Kier molecular flexibility index (Phi) is 0.211. The predicted molar refractivity (Wildman–Crippen MR) is 19.7 cm³/mol. The SMILES string of the molecule is [2H]C([2H])([2H])NC(=O)C([2H])([2H])[2H]. The smallest absolute Gasteiger partial charge is 0.216 e. The molecular formula is C3H7NO. The molecule has 0 rings (SSSR count). The summed E-state index contributed by atoms with van der Waals surface area (Å²) in [5.74, 6) is -1.46. The molecule has 0 aliphatic heterocycles. The van der Waals surface area contributed by atoms with Crippen molar-refractivity contribution in [1.82, 2.24) is 5.32 Å². The molecule has 5 heavy (non-hydrogen) atoms. The number of nitrogens with one attached hydrogen (secondary N) is 1. The first kappa shape index (κ1) is 0.600. The van der Waals surface area contributed by atoms with Crippen molar-refractivity contribution in [3.05, 3.63) is 0 Å². The van der Waals surface area contributed by atoms with Crippen LogP contribution in [0.15, 0.2) is 0 Å². The summed E-state index contributed by atoms with van der Waals surface area (Å²) >= 11 is 0. The normalized spacial score (nSPS) is 29.6. The van der Waals surface area contributed by atoms with Crippen LogP contribution < -0.4 is 5.32 Å². The molecule has 0 saturated heterocycles. The molecule has 0 aromatic carbocycles. The van der Waals surface area contributed by atoms with E-state index in [1.54, 1.807) is 0 Å². The second-order valence-corrected chi connectivity index (χ2v) is 0.454. The number of hydrogen-bond donors (Lipinski definition) is 1. The fourth-order valence-electron chi connectivity index (χ4n) is 0. The fraction of sp³-hybridized carbons (Fsp3) is 0.667. The van der Waals surface area contributed by atoms with E-state index in [0.717, 1.165) is 0 Å². The first-order valence-corrected chi connectivity index (χ1v) is 0.954. The Bertz CT molecular complexity index is 156. The van der Waals surface area contributed by atoms with Gasteiger partial charge in [0.1, 0.15) is 0 Å². The highest BCUT2D eigenvalue weighted by Crippen LogP contribution is 1.45. The van der Waals surface area contributed by atoms with E-state index >= 15 is 0 Å². The minimum Gasteiger partial charge on any atom is -0.359 e. The molecular weight excluding hydrogens is 66.0 g/mol. The molecule has 0 radical (unpaired) electrons. The quantitative estimate of drug-likeness (QED) is 0.426. The first-order valence-electron chi connectivity index (χ1n) is 3.95. The third kappa shape index (κ3) is 3.47. The number of carbonyl (C=O) groups excluding carboxylic acids is 1. The fourth-order valence-corrected chi connectivity index (χ4v) is 0. The van der Waals surface area contributed by atoms with Crippen LogP contribution >= 0.6 is 0 Å². The third-order valence-electron chi connectivity index (χ3n) is 0.114. The van der Waals surface area contributed by atoms with Crippen LogP contribution in [0.1, 0.15) is 15.1 Å². The molecule has 0 bridgehead atoms. The van der Waals surface area contributed by atoms with Crippen molar-refractivity contribution in [2.24, 2.45) is 0 Å². The van der Waals surface area contributed by atoms with Gasteiger partial charge in [-0.3, -0.25) is 4.79 Å². The molecule has 30 valence electrons. The molecule has 1 N–H and O–H groups in total. The Morgan fingerprint density at radius 1 is 2.20 bits per heavy atom. The molecule has 0 fully saturated rings. The maximum absolute atomic E-state index is 10.4. The molecule has 2 heteroatoms. The van der Waals surface area contributed by atoms with Gasteiger partial charge in [-0.15, -0.1) is 0 Å². The van der Waals surface area contributed by atoms with Crippen molar-refractivity contribution in [2.45, 2.75) is 6.85 Å². The van der Waals surface area contributed by atoms with Crippen LogP contribution in [0.5, 0.6) is 0 Å². The van der Waals surface area contributed by atoms with Gasteiger partial charge in [0.05, 0.1) is 0 Å². The number of amides is 1. The van der Waals surface area contributed by atoms with Crippen molar-refractivity contribution in [1.29, 1.82) is 0 Å². The largest absolute Gasteiger partial charge is 0.359 e. The summed E-state index contributed by atoms with van der Waals surface area (Å²) in [4.78, 5) is 10.4. The van der Waals surface area contributed by atoms with Gasteiger partial charge in [0.2, 0.25) is 5.91 Å². The van der Waals surface area contributed by atoms with E-state index < -0.39 is 19.7 Å². The van der Waals surface area contributed by atoms with Crippen molar-refractivity contribution in [2.75, 3.05) is 6.98 Å². The lowest BCUT2D eigenvalue weighted by molar-refractivity contribution is -0.118. The number of hydrogen-bond acceptors (Lipinski definition) is 1. The first-order chi connectivity index (χ1) is 4.63. The molecule has 0 aromatic heterocycles. The Morgan fingerprint density at radius 2 is 3.00 bits per heavy atom. The monoisotopic (exact) mass is 79.1 g/mol. The standard InChI is InChI=1S/C3H7NO/c1-3(5)4-2/h1-2H3,(H,4,5)/i1D3,2D3. The summed E-state index contributed by atoms with van der Waals surface area (Å²) in [6.45, 7) is -5.63. The van der Waals surface area contributed by atoms with Gasteiger partial charge in [-0.25, -0.2) is 0 Å². The average molecular weight is 79.1 g/mol. The Balaban J connectivity index is 4.11. The second-order valence-electron chi connectivity index (χ2n) is 0.454. The molecule has 1 amide bonds. The summed E-state index contributed by atoms with van der Waals surface area (Å²) in [7, 11) is 0. The summed E-state index contributed by atoms with van der Waals surface area (Å²) in [5.41, 5.74) is 0. The van der Waals surface area contributed by atoms with Gasteiger partial charge < -0.3 is 5.32 Å². The lowest BCUT2D eigenvalue weighted by atomic mass is 10.7. The van der Waals surface area contributed by atoms with E-state index in [9.17, 15) is 4.79 Å². The Hall–Kier alpha value is -0.530. The number of rotatable bonds is 0. The Labute approximate surface area is 39.6 Å². The van der Waals surface area contributed by atoms with E-state index in [0.29, 0.717) is 0 Å². The predicted octanol–water partition coefficient (Wildman–Crippen LogP) is -0.248. The summed E-state index contributed by atoms with van der Waals surface area (Å²) in [6.07, 6.45) is 0. The van der Waals surface area contributed by atoms with Crippen LogP contribution in [0.2, 0.25) is 0 Å². The summed E-state index contributed by atoms with van der Waals surface area (Å²) < 4.78 is 38.9. The van der Waals surface area contributed by atoms with Gasteiger partial charge in [-0.05, 0) is 0 Å². The molecule has 0 unspecified atom stereocenters. The van der Waals surface area contributed by atoms with Crippen molar-refractivity contribution < 1.29 is 13.0 Å². The van der Waals surface area contributed by atoms with Crippen molar-refractivity contribution >= 4 is 5.91 Å². The molecule has 0 spiro atoms. The van der Waals surface area contributed by atoms with Crippen molar-refractivity contribution in [3.8, 4) is 0 Å². The zero-order valence-corrected chi connectivity index (χ0v) is 2.41. The maximum Gasteiger partial charge on any atom is 0.216 e. The highest BCUT2D eigenvalue weighted by Gasteiger charge is 1.72. The lowest BCUT2D eigenvalue weighted by Crippen LogP contribution is -2.11. The van der Waals surface area contributed by atoms with Crippen LogP contribution in [-0.4, -0.2) is 12.9 Å². The molecule has 0 atom stereocenters. The topological polar surface area (TPSA) is 29.1 Å². The Morgan fingerprint density at radius 3 is 3.20 bits per heavy atom. The zero-order valence-electron chi connectivity index (χ0n) is 8.41. The molecule has 2 nitrogen and oxygen atoms in total. The molecule has 0 saturated carbocycles. The van der Waals surface area contributed by atoms with Gasteiger partial charge in [0.15, 0.2) is 0 Å². The van der Waals surface area contributed by atoms with E-state index in [-0.39, 0.29) is 0 Å². The highest BCUT2D eigenvalue weighted by atomic mass is 16.1. The van der Waals surface area contributed by atoms with Crippen LogP contribution in [0.4, 0.5) is 0 Å². The molecule has 0 heterocycles. The van der Waals surface area contributed by atoms with Gasteiger partial charge >= 0.3 is 0 Å². The van der Waals surface area contributed by atoms with Gasteiger partial charge in [0.25, 0.3) is 0 Å². The lowest BCUT2D eigenvalue weighted by Gasteiger charge is -1.80. The van der Waals surface area contributed by atoms with Crippen molar-refractivity contribution in [3.63, 3.8) is 0 Å². The van der Waals surface area contributed by atoms with Gasteiger partial charge in [0, 0.05) is 22.1 Å². The number of carbonyl (C=O) groups is 1. The van der Waals surface area contributed by atoms with E-state index in [4.69, 9.17) is 8.22 Å². The van der Waals surface area contributed by atoms with Gasteiger partial charge in [-0.1, -0.05) is 0 Å².